The van der Waals surface area contributed by atoms with Crippen LogP contribution in [0.25, 0.3) is 0 Å². The van der Waals surface area contributed by atoms with Gasteiger partial charge in [-0.3, -0.25) is 4.57 Å². The number of rotatable bonds is 1. The zero-order valence-electron chi connectivity index (χ0n) is 11.2. The van der Waals surface area contributed by atoms with Crippen LogP contribution in [0.2, 0.25) is 0 Å². The summed E-state index contributed by atoms with van der Waals surface area (Å²) in [7, 11) is 0. The van der Waals surface area contributed by atoms with Crippen molar-refractivity contribution in [2.24, 2.45) is 23.7 Å². The Bertz CT molecular complexity index is 557. The first-order valence-corrected chi connectivity index (χ1v) is 7.82. The first kappa shape index (κ1) is 10.7. The van der Waals surface area contributed by atoms with Crippen LogP contribution in [0.3, 0.4) is 0 Å². The van der Waals surface area contributed by atoms with Crippen molar-refractivity contribution in [3.05, 3.63) is 21.9 Å². The van der Waals surface area contributed by atoms with E-state index in [0.717, 1.165) is 42.5 Å². The molecule has 4 fully saturated rings. The van der Waals surface area contributed by atoms with Crippen molar-refractivity contribution in [2.45, 2.75) is 51.2 Å². The molecule has 4 saturated carbocycles. The second-order valence-corrected chi connectivity index (χ2v) is 7.25. The largest absolute Gasteiger partial charge is 0.326 e. The normalized spacial score (nSPS) is 42.8. The lowest BCUT2D eigenvalue weighted by atomic mass is 9.54. The lowest BCUT2D eigenvalue weighted by Gasteiger charge is -2.54. The molecule has 4 aliphatic carbocycles. The van der Waals surface area contributed by atoms with Crippen LogP contribution in [0.15, 0.2) is 4.79 Å². The van der Waals surface area contributed by atoms with Gasteiger partial charge in [0.2, 0.25) is 0 Å². The van der Waals surface area contributed by atoms with E-state index in [-0.39, 0.29) is 5.69 Å². The third-order valence-electron chi connectivity index (χ3n) is 6.19. The average Bonchev–Trinajstić information content (AvgIpc) is 2.90. The number of imidazole rings is 1. The highest BCUT2D eigenvalue weighted by Crippen LogP contribution is 2.58. The summed E-state index contributed by atoms with van der Waals surface area (Å²) in [6.07, 6.45) is 6.96. The molecule has 1 aromatic heterocycles. The van der Waals surface area contributed by atoms with Gasteiger partial charge >= 0.3 is 5.69 Å². The Labute approximate surface area is 112 Å². The van der Waals surface area contributed by atoms with Crippen LogP contribution in [0.4, 0.5) is 0 Å². The molecule has 0 atom stereocenters. The molecule has 0 spiro atoms. The number of aromatic nitrogens is 2. The summed E-state index contributed by atoms with van der Waals surface area (Å²) in [5.41, 5.74) is 2.55. The van der Waals surface area contributed by atoms with Gasteiger partial charge in [-0.15, -0.1) is 0 Å². The average molecular weight is 259 g/mol. The Kier molecular flexibility index (Phi) is 2.00. The molecule has 2 heterocycles. The molecular weight excluding hydrogens is 238 g/mol. The molecule has 4 nitrogen and oxygen atoms in total. The Hall–Kier alpha value is -1.03. The summed E-state index contributed by atoms with van der Waals surface area (Å²) < 4.78 is 2.16. The van der Waals surface area contributed by atoms with Gasteiger partial charge in [-0.1, -0.05) is 0 Å². The predicted octanol–water partition coefficient (Wildman–Crippen LogP) is 1.78. The minimum atomic E-state index is 0.156. The van der Waals surface area contributed by atoms with Gasteiger partial charge < -0.3 is 10.3 Å². The van der Waals surface area contributed by atoms with Crippen LogP contribution in [0.5, 0.6) is 0 Å². The molecule has 1 aromatic rings. The molecule has 0 radical (unpaired) electrons. The van der Waals surface area contributed by atoms with Gasteiger partial charge in [0.1, 0.15) is 0 Å². The maximum absolute atomic E-state index is 12.4. The number of nitrogens with zero attached hydrogens (tertiary/aromatic N) is 1. The summed E-state index contributed by atoms with van der Waals surface area (Å²) in [5, 5.41) is 3.37. The lowest BCUT2D eigenvalue weighted by molar-refractivity contribution is -0.0311. The molecule has 19 heavy (non-hydrogen) atoms. The van der Waals surface area contributed by atoms with E-state index < -0.39 is 0 Å². The number of fused-ring (bicyclic) bond motifs is 1. The summed E-state index contributed by atoms with van der Waals surface area (Å²) in [6.45, 7) is 1.71. The highest BCUT2D eigenvalue weighted by Gasteiger charge is 2.50. The highest BCUT2D eigenvalue weighted by atomic mass is 16.1. The van der Waals surface area contributed by atoms with Gasteiger partial charge in [0.15, 0.2) is 0 Å². The Morgan fingerprint density at radius 2 is 1.63 bits per heavy atom. The van der Waals surface area contributed by atoms with Crippen LogP contribution in [0.1, 0.15) is 49.5 Å². The predicted molar refractivity (Wildman–Crippen MR) is 71.7 cm³/mol. The van der Waals surface area contributed by atoms with E-state index in [4.69, 9.17) is 0 Å². The number of hydrogen-bond acceptors (Lipinski definition) is 2. The molecule has 1 aliphatic heterocycles. The highest BCUT2D eigenvalue weighted by molar-refractivity contribution is 5.20. The standard InChI is InChI=1S/C15H21N3O/c19-15-17-12-6-16-7-13(12)18(15)14-10-2-8-1-9(4-10)5-11(14)3-8/h8-11,14,16H,1-7H2,(H,17,19). The molecule has 4 heteroatoms. The molecule has 6 rings (SSSR count). The second-order valence-electron chi connectivity index (χ2n) is 7.25. The molecule has 0 amide bonds. The number of nitrogens with one attached hydrogen (secondary N) is 2. The first-order valence-electron chi connectivity index (χ1n) is 7.82. The summed E-state index contributed by atoms with van der Waals surface area (Å²) in [4.78, 5) is 15.4. The Morgan fingerprint density at radius 3 is 2.32 bits per heavy atom. The van der Waals surface area contributed by atoms with Crippen molar-refractivity contribution >= 4 is 0 Å². The van der Waals surface area contributed by atoms with E-state index in [1.807, 2.05) is 0 Å². The number of aromatic amines is 1. The van der Waals surface area contributed by atoms with E-state index in [2.05, 4.69) is 14.9 Å². The van der Waals surface area contributed by atoms with Crippen LogP contribution in [-0.2, 0) is 13.1 Å². The molecule has 0 unspecified atom stereocenters. The fourth-order valence-electron chi connectivity index (χ4n) is 5.81. The number of hydrogen-bond donors (Lipinski definition) is 2. The van der Waals surface area contributed by atoms with Crippen LogP contribution < -0.4 is 11.0 Å². The monoisotopic (exact) mass is 259 g/mol. The Balaban J connectivity index is 1.62. The van der Waals surface area contributed by atoms with Gasteiger partial charge in [0.25, 0.3) is 0 Å². The SMILES string of the molecule is O=c1[nH]c2c(n1C1C3CC4CC(C3)CC1C4)CNC2. The van der Waals surface area contributed by atoms with E-state index in [1.165, 1.54) is 37.8 Å². The molecule has 4 bridgehead atoms. The van der Waals surface area contributed by atoms with E-state index in [9.17, 15) is 4.79 Å². The third-order valence-corrected chi connectivity index (χ3v) is 6.19. The molecule has 0 aromatic carbocycles. The molecule has 102 valence electrons. The van der Waals surface area contributed by atoms with Gasteiger partial charge in [-0.2, -0.15) is 0 Å². The quantitative estimate of drug-likeness (QED) is 0.807. The van der Waals surface area contributed by atoms with Crippen molar-refractivity contribution in [1.29, 1.82) is 0 Å². The smallest absolute Gasteiger partial charge is 0.308 e. The van der Waals surface area contributed by atoms with Crippen LogP contribution in [0, 0.1) is 23.7 Å². The maximum Gasteiger partial charge on any atom is 0.326 e. The molecular formula is C15H21N3O. The van der Waals surface area contributed by atoms with Crippen LogP contribution >= 0.6 is 0 Å². The minimum Gasteiger partial charge on any atom is -0.308 e. The fraction of sp³-hybridized carbons (Fsp3) is 0.800. The van der Waals surface area contributed by atoms with Crippen molar-refractivity contribution in [3.63, 3.8) is 0 Å². The van der Waals surface area contributed by atoms with Crippen molar-refractivity contribution in [2.75, 3.05) is 0 Å². The van der Waals surface area contributed by atoms with E-state index >= 15 is 0 Å². The fourth-order valence-corrected chi connectivity index (χ4v) is 5.81. The zero-order valence-corrected chi connectivity index (χ0v) is 11.2. The maximum atomic E-state index is 12.4. The summed E-state index contributed by atoms with van der Waals surface area (Å²) in [5.74, 6) is 3.49. The lowest BCUT2D eigenvalue weighted by Crippen LogP contribution is -2.48. The number of H-pyrrole nitrogens is 1. The van der Waals surface area contributed by atoms with E-state index in [1.54, 1.807) is 0 Å². The summed E-state index contributed by atoms with van der Waals surface area (Å²) in [6, 6.07) is 0.500. The Morgan fingerprint density at radius 1 is 0.947 bits per heavy atom. The van der Waals surface area contributed by atoms with Crippen molar-refractivity contribution < 1.29 is 0 Å². The molecule has 0 saturated heterocycles. The summed E-state index contributed by atoms with van der Waals surface area (Å²) >= 11 is 0. The molecule has 2 N–H and O–H groups in total. The van der Waals surface area contributed by atoms with Gasteiger partial charge in [0.05, 0.1) is 11.4 Å². The third kappa shape index (κ3) is 1.36. The van der Waals surface area contributed by atoms with Gasteiger partial charge in [-0.25, -0.2) is 4.79 Å². The first-order chi connectivity index (χ1) is 9.29. The van der Waals surface area contributed by atoms with Crippen molar-refractivity contribution in [3.8, 4) is 0 Å². The zero-order chi connectivity index (χ0) is 12.6. The van der Waals surface area contributed by atoms with Crippen LogP contribution in [-0.4, -0.2) is 9.55 Å². The van der Waals surface area contributed by atoms with Crippen molar-refractivity contribution in [1.82, 2.24) is 14.9 Å². The second kappa shape index (κ2) is 3.54. The van der Waals surface area contributed by atoms with E-state index in [0.29, 0.717) is 6.04 Å². The minimum absolute atomic E-state index is 0.156. The van der Waals surface area contributed by atoms with Gasteiger partial charge in [-0.05, 0) is 55.8 Å². The topological polar surface area (TPSA) is 49.8 Å². The molecule has 5 aliphatic rings. The van der Waals surface area contributed by atoms with Gasteiger partial charge in [0, 0.05) is 19.1 Å².